The predicted molar refractivity (Wildman–Crippen MR) is 35.3 cm³/mol. The first-order valence-electron chi connectivity index (χ1n) is 3.23. The van der Waals surface area contributed by atoms with E-state index in [-0.39, 0.29) is 6.21 Å². The zero-order chi connectivity index (χ0) is 12.9. The molecule has 0 aromatic rings. The molecule has 15 heavy (non-hydrogen) atoms. The van der Waals surface area contributed by atoms with Gasteiger partial charge in [0.25, 0.3) is 0 Å². The lowest BCUT2D eigenvalue weighted by Gasteiger charge is -2.03. The van der Waals surface area contributed by atoms with E-state index in [1.54, 1.807) is 0 Å². The molecule has 3 nitrogen and oxygen atoms in total. The number of carbonyl (C=O) groups excluding carboxylic acids is 1. The molecule has 0 spiro atoms. The van der Waals surface area contributed by atoms with Crippen LogP contribution in [0.4, 0.5) is 26.3 Å². The van der Waals surface area contributed by atoms with E-state index < -0.39 is 18.3 Å². The van der Waals surface area contributed by atoms with Crippen molar-refractivity contribution in [3.05, 3.63) is 0 Å². The molecule has 0 aliphatic heterocycles. The third kappa shape index (κ3) is 15.5. The molecule has 0 aromatic carbocycles. The Morgan fingerprint density at radius 2 is 1.40 bits per heavy atom. The monoisotopic (exact) mass is 239 g/mol. The van der Waals surface area contributed by atoms with Gasteiger partial charge in [0.05, 0.1) is 0 Å². The van der Waals surface area contributed by atoms with Gasteiger partial charge in [-0.05, 0) is 0 Å². The Bertz CT molecular complexity index is 237. The largest absolute Gasteiger partial charge is 0.542 e. The second-order valence-corrected chi connectivity index (χ2v) is 2.42. The van der Waals surface area contributed by atoms with Crippen LogP contribution in [0.3, 0.4) is 0 Å². The summed E-state index contributed by atoms with van der Waals surface area (Å²) in [6, 6.07) is 0. The van der Waals surface area contributed by atoms with Crippen molar-refractivity contribution in [2.45, 2.75) is 12.4 Å². The molecule has 0 aliphatic carbocycles. The Balaban J connectivity index is 0. The van der Waals surface area contributed by atoms with Gasteiger partial charge in [0, 0.05) is 0 Å². The number of carboxylic acid groups (broad SMARTS) is 1. The van der Waals surface area contributed by atoms with Gasteiger partial charge in [0.15, 0.2) is 0 Å². The maximum absolute atomic E-state index is 11.2. The van der Waals surface area contributed by atoms with Crippen LogP contribution < -0.4 is 5.11 Å². The standard InChI is InChI=1S/C4H7F3N.C2HF3O2/c1-8(2)3-4(5,6)7;3-2(4,5)1(6)7/h3H,1-2H3;(H,6,7)/q+1;/p-1. The highest BCUT2D eigenvalue weighted by atomic mass is 19.4. The molecular weight excluding hydrogens is 232 g/mol. The molecule has 0 fully saturated rings. The lowest BCUT2D eigenvalue weighted by Crippen LogP contribution is -2.37. The Labute approximate surface area is 80.6 Å². The molecule has 0 amide bonds. The van der Waals surface area contributed by atoms with Crippen molar-refractivity contribution >= 4 is 12.2 Å². The summed E-state index contributed by atoms with van der Waals surface area (Å²) in [7, 11) is 2.65. The Morgan fingerprint density at radius 3 is 1.40 bits per heavy atom. The Hall–Kier alpha value is -1.28. The maximum atomic E-state index is 11.2. The van der Waals surface area contributed by atoms with Crippen LogP contribution in [0, 0.1) is 0 Å². The number of alkyl halides is 6. The molecule has 0 rings (SSSR count). The molecule has 0 unspecified atom stereocenters. The molecule has 0 saturated heterocycles. The molecule has 0 aromatic heterocycles. The minimum absolute atomic E-state index is 0.188. The highest BCUT2D eigenvalue weighted by Gasteiger charge is 2.29. The molecule has 0 saturated carbocycles. The van der Waals surface area contributed by atoms with Crippen molar-refractivity contribution in [1.82, 2.24) is 0 Å². The fourth-order valence-corrected chi connectivity index (χ4v) is 0.293. The van der Waals surface area contributed by atoms with Crippen molar-refractivity contribution in [3.8, 4) is 0 Å². The van der Waals surface area contributed by atoms with E-state index in [9.17, 15) is 26.3 Å². The predicted octanol–water partition coefficient (Wildman–Crippen LogP) is 0.190. The number of rotatable bonds is 0. The van der Waals surface area contributed by atoms with Crippen LogP contribution in [-0.2, 0) is 4.79 Å². The van der Waals surface area contributed by atoms with Crippen LogP contribution in [0.5, 0.6) is 0 Å². The van der Waals surface area contributed by atoms with E-state index in [0.29, 0.717) is 0 Å². The average Bonchev–Trinajstić information content (AvgIpc) is 1.78. The minimum atomic E-state index is -5.19. The van der Waals surface area contributed by atoms with Crippen LogP contribution in [0.15, 0.2) is 0 Å². The smallest absolute Gasteiger partial charge is 0.469 e. The van der Waals surface area contributed by atoms with Gasteiger partial charge in [-0.1, -0.05) is 0 Å². The zero-order valence-electron chi connectivity index (χ0n) is 7.61. The van der Waals surface area contributed by atoms with Crippen molar-refractivity contribution in [2.24, 2.45) is 0 Å². The summed E-state index contributed by atoms with van der Waals surface area (Å²) >= 11 is 0. The molecule has 0 atom stereocenters. The van der Waals surface area contributed by atoms with Gasteiger partial charge in [0.2, 0.25) is 6.21 Å². The summed E-state index contributed by atoms with van der Waals surface area (Å²) in [4.78, 5) is 8.78. The van der Waals surface area contributed by atoms with Gasteiger partial charge < -0.3 is 9.90 Å². The van der Waals surface area contributed by atoms with Crippen LogP contribution in [-0.4, -0.2) is 43.2 Å². The number of carbonyl (C=O) groups is 1. The summed E-state index contributed by atoms with van der Waals surface area (Å²) in [5.74, 6) is -3.01. The molecule has 0 bridgehead atoms. The van der Waals surface area contributed by atoms with E-state index in [0.717, 1.165) is 4.58 Å². The van der Waals surface area contributed by atoms with Crippen molar-refractivity contribution < 1.29 is 40.8 Å². The second-order valence-electron chi connectivity index (χ2n) is 2.42. The first-order valence-corrected chi connectivity index (χ1v) is 3.23. The third-order valence-corrected chi connectivity index (χ3v) is 0.636. The molecule has 90 valence electrons. The summed E-state index contributed by atoms with van der Waals surface area (Å²) in [6.07, 6.45) is -9.18. The molecule has 0 heterocycles. The highest BCUT2D eigenvalue weighted by molar-refractivity contribution is 5.70. The van der Waals surface area contributed by atoms with E-state index in [4.69, 9.17) is 9.90 Å². The van der Waals surface area contributed by atoms with Crippen molar-refractivity contribution in [2.75, 3.05) is 14.1 Å². The molecule has 0 N–H and O–H groups in total. The summed E-state index contributed by atoms with van der Waals surface area (Å²) in [6.45, 7) is 0. The van der Waals surface area contributed by atoms with Crippen LogP contribution >= 0.6 is 0 Å². The average molecular weight is 239 g/mol. The number of aliphatic carboxylic acids is 1. The minimum Gasteiger partial charge on any atom is -0.542 e. The normalized spacial score (nSPS) is 11.2. The van der Waals surface area contributed by atoms with Gasteiger partial charge in [0.1, 0.15) is 20.1 Å². The Kier molecular flexibility index (Phi) is 6.00. The van der Waals surface area contributed by atoms with Gasteiger partial charge in [-0.25, -0.2) is 4.58 Å². The zero-order valence-corrected chi connectivity index (χ0v) is 7.61. The maximum Gasteiger partial charge on any atom is 0.469 e. The van der Waals surface area contributed by atoms with Gasteiger partial charge >= 0.3 is 12.4 Å². The fraction of sp³-hybridized carbons (Fsp3) is 0.667. The molecular formula is C6H7F6NO2. The summed E-state index contributed by atoms with van der Waals surface area (Å²) in [5.41, 5.74) is 0. The Morgan fingerprint density at radius 1 is 1.13 bits per heavy atom. The summed E-state index contributed by atoms with van der Waals surface area (Å²) in [5, 5.41) is 8.78. The second kappa shape index (κ2) is 5.56. The van der Waals surface area contributed by atoms with Crippen LogP contribution in [0.25, 0.3) is 0 Å². The van der Waals surface area contributed by atoms with Gasteiger partial charge in [-0.2, -0.15) is 26.3 Å². The van der Waals surface area contributed by atoms with Crippen molar-refractivity contribution in [3.63, 3.8) is 0 Å². The number of carboxylic acids is 1. The lowest BCUT2D eigenvalue weighted by molar-refractivity contribution is -0.467. The molecule has 0 aliphatic rings. The highest BCUT2D eigenvalue weighted by Crippen LogP contribution is 2.11. The van der Waals surface area contributed by atoms with Gasteiger partial charge in [-0.15, -0.1) is 0 Å². The first-order chi connectivity index (χ1) is 6.36. The van der Waals surface area contributed by atoms with E-state index >= 15 is 0 Å². The van der Waals surface area contributed by atoms with E-state index in [1.807, 2.05) is 0 Å². The molecule has 0 radical (unpaired) electrons. The lowest BCUT2D eigenvalue weighted by atomic mass is 10.7. The first kappa shape index (κ1) is 16.2. The SMILES string of the molecule is C[N+](C)=CC(F)(F)F.O=C([O-])C(F)(F)F. The number of halogens is 6. The van der Waals surface area contributed by atoms with E-state index in [1.165, 1.54) is 14.1 Å². The van der Waals surface area contributed by atoms with Crippen LogP contribution in [0.1, 0.15) is 0 Å². The molecule has 9 heteroatoms. The van der Waals surface area contributed by atoms with E-state index in [2.05, 4.69) is 0 Å². The van der Waals surface area contributed by atoms with Crippen molar-refractivity contribution in [1.29, 1.82) is 0 Å². The van der Waals surface area contributed by atoms with Gasteiger partial charge in [-0.3, -0.25) is 0 Å². The topological polar surface area (TPSA) is 43.1 Å². The third-order valence-electron chi connectivity index (χ3n) is 0.636. The number of nitrogens with zero attached hydrogens (tertiary/aromatic N) is 1. The number of hydrogen-bond donors (Lipinski definition) is 0. The number of hydrogen-bond acceptors (Lipinski definition) is 2. The fourth-order valence-electron chi connectivity index (χ4n) is 0.293. The quantitative estimate of drug-likeness (QED) is 0.344. The van der Waals surface area contributed by atoms with Crippen LogP contribution in [0.2, 0.25) is 0 Å². The summed E-state index contributed by atoms with van der Waals surface area (Å²) < 4.78 is 66.1.